The van der Waals surface area contributed by atoms with Gasteiger partial charge >= 0.3 is 5.70 Å². The van der Waals surface area contributed by atoms with E-state index in [1.54, 1.807) is 0 Å². The fourth-order valence-corrected chi connectivity index (χ4v) is 7.19. The highest BCUT2D eigenvalue weighted by molar-refractivity contribution is 5.95. The van der Waals surface area contributed by atoms with Gasteiger partial charge in [-0.05, 0) is 73.0 Å². The lowest BCUT2D eigenvalue weighted by molar-refractivity contribution is -0.422. The van der Waals surface area contributed by atoms with Crippen LogP contribution in [0.15, 0.2) is 11.3 Å². The van der Waals surface area contributed by atoms with Crippen LogP contribution in [0.2, 0.25) is 0 Å². The first-order valence-corrected chi connectivity index (χ1v) is 9.79. The van der Waals surface area contributed by atoms with E-state index in [1.807, 2.05) is 0 Å². The molecule has 0 radical (unpaired) electrons. The average molecular weight is 347 g/mol. The van der Waals surface area contributed by atoms with Crippen molar-refractivity contribution in [3.05, 3.63) is 21.4 Å². The van der Waals surface area contributed by atoms with Crippen molar-refractivity contribution in [2.45, 2.75) is 71.8 Å². The summed E-state index contributed by atoms with van der Waals surface area (Å²) in [5, 5.41) is 22.2. The van der Waals surface area contributed by atoms with Crippen LogP contribution < -0.4 is 0 Å². The number of hydrogen-bond acceptors (Lipinski definition) is 4. The second-order valence-corrected chi connectivity index (χ2v) is 9.53. The fraction of sp³-hybridized carbons (Fsp3) is 0.850. The third kappa shape index (κ3) is 2.14. The number of rotatable bonds is 1. The Morgan fingerprint density at radius 1 is 1.16 bits per heavy atom. The Hall–Kier alpha value is -1.23. The number of fused-ring (bicyclic) bond motifs is 5. The maximum absolute atomic E-state index is 12.2. The summed E-state index contributed by atoms with van der Waals surface area (Å²) < 4.78 is 0. The predicted octanol–water partition coefficient (Wildman–Crippen LogP) is 3.73. The Bertz CT molecular complexity index is 671. The van der Waals surface area contributed by atoms with Gasteiger partial charge in [-0.3, -0.25) is 14.9 Å². The summed E-state index contributed by atoms with van der Waals surface area (Å²) in [7, 11) is 0. The monoisotopic (exact) mass is 347 g/mol. The highest BCUT2D eigenvalue weighted by Crippen LogP contribution is 2.67. The summed E-state index contributed by atoms with van der Waals surface area (Å²) in [5.41, 5.74) is 0.509. The Balaban J connectivity index is 1.80. The van der Waals surface area contributed by atoms with Gasteiger partial charge in [-0.25, -0.2) is 0 Å². The van der Waals surface area contributed by atoms with E-state index in [9.17, 15) is 20.0 Å². The standard InChI is InChI=1S/C20H29NO4/c1-11-10-14-18(21(24)25)15(22)7-9-19(14,2)13-6-8-20(3)12(17(11)13)4-5-16(20)23/h11-13,16-17,23H,4-10H2,1-3H3/t11?,12?,13?,16-,17?,19?,20?/m0/s1. The van der Waals surface area contributed by atoms with E-state index in [1.165, 1.54) is 0 Å². The zero-order valence-electron chi connectivity index (χ0n) is 15.5. The minimum atomic E-state index is -0.422. The van der Waals surface area contributed by atoms with E-state index in [4.69, 9.17) is 0 Å². The number of ketones is 1. The van der Waals surface area contributed by atoms with E-state index in [0.29, 0.717) is 36.5 Å². The molecule has 6 unspecified atom stereocenters. The van der Waals surface area contributed by atoms with Crippen molar-refractivity contribution in [1.29, 1.82) is 0 Å². The van der Waals surface area contributed by atoms with E-state index < -0.39 is 4.92 Å². The van der Waals surface area contributed by atoms with E-state index in [2.05, 4.69) is 20.8 Å². The van der Waals surface area contributed by atoms with Gasteiger partial charge in [0.1, 0.15) is 0 Å². The molecule has 25 heavy (non-hydrogen) atoms. The van der Waals surface area contributed by atoms with Crippen molar-refractivity contribution in [2.24, 2.45) is 34.5 Å². The molecule has 0 saturated heterocycles. The Morgan fingerprint density at radius 2 is 1.88 bits per heavy atom. The van der Waals surface area contributed by atoms with Gasteiger partial charge in [-0.1, -0.05) is 20.8 Å². The largest absolute Gasteiger partial charge is 0.393 e. The third-order valence-corrected chi connectivity index (χ3v) is 8.58. The van der Waals surface area contributed by atoms with Crippen molar-refractivity contribution < 1.29 is 14.8 Å². The van der Waals surface area contributed by atoms with Crippen molar-refractivity contribution in [3.8, 4) is 0 Å². The fourth-order valence-electron chi connectivity index (χ4n) is 7.19. The number of hydrogen-bond donors (Lipinski definition) is 1. The van der Waals surface area contributed by atoms with Crippen molar-refractivity contribution in [2.75, 3.05) is 0 Å². The van der Waals surface area contributed by atoms with Crippen LogP contribution in [-0.4, -0.2) is 21.9 Å². The van der Waals surface area contributed by atoms with Gasteiger partial charge in [0.05, 0.1) is 11.0 Å². The van der Waals surface area contributed by atoms with Crippen LogP contribution in [0.4, 0.5) is 0 Å². The third-order valence-electron chi connectivity index (χ3n) is 8.58. The molecule has 0 bridgehead atoms. The average Bonchev–Trinajstić information content (AvgIpc) is 2.84. The number of aliphatic hydroxyl groups excluding tert-OH is 1. The molecule has 4 aliphatic carbocycles. The molecule has 0 aliphatic heterocycles. The van der Waals surface area contributed by atoms with Gasteiger partial charge in [0.15, 0.2) is 0 Å². The first-order chi connectivity index (χ1) is 11.7. The molecule has 3 fully saturated rings. The number of nitrogens with zero attached hydrogens (tertiary/aromatic N) is 1. The Labute approximate surface area is 149 Å². The summed E-state index contributed by atoms with van der Waals surface area (Å²) in [6.45, 7) is 6.63. The molecule has 3 saturated carbocycles. The molecule has 0 aromatic rings. The quantitative estimate of drug-likeness (QED) is 0.579. The number of carbonyl (C=O) groups excluding carboxylic acids is 1. The molecule has 4 rings (SSSR count). The van der Waals surface area contributed by atoms with Gasteiger partial charge < -0.3 is 5.11 Å². The molecule has 138 valence electrons. The highest BCUT2D eigenvalue weighted by Gasteiger charge is 2.62. The summed E-state index contributed by atoms with van der Waals surface area (Å²) in [6, 6.07) is 0. The molecule has 0 aromatic carbocycles. The van der Waals surface area contributed by atoms with E-state index in [-0.39, 0.29) is 28.4 Å². The first-order valence-electron chi connectivity index (χ1n) is 9.79. The van der Waals surface area contributed by atoms with Crippen LogP contribution >= 0.6 is 0 Å². The summed E-state index contributed by atoms with van der Waals surface area (Å²) in [4.78, 5) is 23.4. The number of carbonyl (C=O) groups is 1. The summed E-state index contributed by atoms with van der Waals surface area (Å²) >= 11 is 0. The highest BCUT2D eigenvalue weighted by atomic mass is 16.6. The maximum atomic E-state index is 12.2. The van der Waals surface area contributed by atoms with E-state index in [0.717, 1.165) is 37.7 Å². The predicted molar refractivity (Wildman–Crippen MR) is 93.2 cm³/mol. The van der Waals surface area contributed by atoms with Gasteiger partial charge in [0.25, 0.3) is 0 Å². The van der Waals surface area contributed by atoms with Crippen LogP contribution in [-0.2, 0) is 4.79 Å². The molecule has 0 spiro atoms. The maximum Gasteiger partial charge on any atom is 0.311 e. The van der Waals surface area contributed by atoms with Gasteiger partial charge in [0.2, 0.25) is 5.78 Å². The van der Waals surface area contributed by atoms with Crippen molar-refractivity contribution in [3.63, 3.8) is 0 Å². The van der Waals surface area contributed by atoms with Gasteiger partial charge in [-0.15, -0.1) is 0 Å². The second kappa shape index (κ2) is 5.38. The minimum absolute atomic E-state index is 0.00340. The van der Waals surface area contributed by atoms with Crippen LogP contribution in [0.25, 0.3) is 0 Å². The van der Waals surface area contributed by atoms with Crippen molar-refractivity contribution >= 4 is 5.78 Å². The molecule has 5 heteroatoms. The van der Waals surface area contributed by atoms with Gasteiger partial charge in [-0.2, -0.15) is 0 Å². The zero-order valence-corrected chi connectivity index (χ0v) is 15.5. The Kier molecular flexibility index (Phi) is 3.70. The van der Waals surface area contributed by atoms with E-state index >= 15 is 0 Å². The molecule has 4 aliphatic rings. The second-order valence-electron chi connectivity index (χ2n) is 9.53. The van der Waals surface area contributed by atoms with Crippen molar-refractivity contribution in [1.82, 2.24) is 0 Å². The Morgan fingerprint density at radius 3 is 2.56 bits per heavy atom. The summed E-state index contributed by atoms with van der Waals surface area (Å²) in [6.07, 6.45) is 5.47. The summed E-state index contributed by atoms with van der Waals surface area (Å²) in [5.74, 6) is 1.47. The molecule has 0 heterocycles. The lowest BCUT2D eigenvalue weighted by Crippen LogP contribution is -2.54. The lowest BCUT2D eigenvalue weighted by atomic mass is 9.45. The molecule has 7 atom stereocenters. The zero-order chi connectivity index (χ0) is 18.1. The molecule has 5 nitrogen and oxygen atoms in total. The van der Waals surface area contributed by atoms with Crippen LogP contribution in [0.5, 0.6) is 0 Å². The number of allylic oxidation sites excluding steroid dienone is 1. The molecular formula is C20H29NO4. The first kappa shape index (κ1) is 17.2. The molecular weight excluding hydrogens is 318 g/mol. The normalized spacial score (nSPS) is 49.4. The lowest BCUT2D eigenvalue weighted by Gasteiger charge is -2.59. The van der Waals surface area contributed by atoms with Crippen LogP contribution in [0.1, 0.15) is 65.7 Å². The number of nitro groups is 1. The molecule has 1 N–H and O–H groups in total. The molecule has 0 aromatic heterocycles. The van der Waals surface area contributed by atoms with Crippen LogP contribution in [0.3, 0.4) is 0 Å². The van der Waals surface area contributed by atoms with Crippen LogP contribution in [0, 0.1) is 44.6 Å². The SMILES string of the molecule is CC1CC2=C([N+](=O)[O-])C(=O)CCC2(C)C2CCC3(C)C(CC[C@@H]3O)C12. The number of Topliss-reactive ketones (excluding diaryl/α,β-unsaturated/α-hetero) is 1. The number of aliphatic hydroxyl groups is 1. The molecule has 0 amide bonds. The topological polar surface area (TPSA) is 80.4 Å². The minimum Gasteiger partial charge on any atom is -0.393 e. The van der Waals surface area contributed by atoms with Gasteiger partial charge in [0, 0.05) is 12.0 Å². The smallest absolute Gasteiger partial charge is 0.311 e.